The molecule has 0 aliphatic carbocycles. The number of likely N-dealkylation sites (N-methyl/N-ethyl adjacent to an activating group) is 1. The molecule has 0 bridgehead atoms. The second-order valence-corrected chi connectivity index (χ2v) is 7.93. The van der Waals surface area contributed by atoms with Crippen LogP contribution in [0.25, 0.3) is 5.52 Å². The minimum Gasteiger partial charge on any atom is -0.353 e. The van der Waals surface area contributed by atoms with Gasteiger partial charge in [-0.15, -0.1) is 0 Å². The van der Waals surface area contributed by atoms with E-state index in [0.717, 1.165) is 36.4 Å². The molecule has 2 aromatic rings. The molecular formula is C14H21N5O2S. The lowest BCUT2D eigenvalue weighted by molar-refractivity contribution is 0.321. The van der Waals surface area contributed by atoms with E-state index in [1.54, 1.807) is 13.2 Å². The summed E-state index contributed by atoms with van der Waals surface area (Å²) in [5.41, 5.74) is 1.90. The van der Waals surface area contributed by atoms with Crippen molar-refractivity contribution in [1.29, 1.82) is 0 Å². The summed E-state index contributed by atoms with van der Waals surface area (Å²) in [6, 6.07) is 1.99. The third kappa shape index (κ3) is 2.80. The number of rotatable bonds is 3. The molecule has 1 aliphatic rings. The van der Waals surface area contributed by atoms with Gasteiger partial charge in [0, 0.05) is 38.6 Å². The van der Waals surface area contributed by atoms with E-state index in [9.17, 15) is 8.42 Å². The first-order chi connectivity index (χ1) is 10.4. The molecule has 3 heterocycles. The molecule has 1 saturated heterocycles. The summed E-state index contributed by atoms with van der Waals surface area (Å²) >= 11 is 0. The number of aromatic nitrogens is 3. The maximum absolute atomic E-state index is 11.8. The summed E-state index contributed by atoms with van der Waals surface area (Å²) in [6.45, 7) is 3.48. The Balaban J connectivity index is 1.91. The summed E-state index contributed by atoms with van der Waals surface area (Å²) in [6.07, 6.45) is 6.64. The van der Waals surface area contributed by atoms with Gasteiger partial charge in [0.1, 0.15) is 5.52 Å². The summed E-state index contributed by atoms with van der Waals surface area (Å²) in [4.78, 5) is 6.66. The lowest BCUT2D eigenvalue weighted by atomic mass is 10.1. The van der Waals surface area contributed by atoms with E-state index >= 15 is 0 Å². The molecule has 2 aromatic heterocycles. The van der Waals surface area contributed by atoms with E-state index in [-0.39, 0.29) is 6.04 Å². The van der Waals surface area contributed by atoms with Crippen LogP contribution < -0.4 is 4.90 Å². The Labute approximate surface area is 130 Å². The average Bonchev–Trinajstić information content (AvgIpc) is 2.85. The zero-order valence-electron chi connectivity index (χ0n) is 13.1. The summed E-state index contributed by atoms with van der Waals surface area (Å²) in [5, 5.41) is 4.41. The number of anilines is 1. The van der Waals surface area contributed by atoms with Crippen LogP contribution in [0.2, 0.25) is 0 Å². The molecule has 0 saturated carbocycles. The highest BCUT2D eigenvalue weighted by atomic mass is 32.2. The number of nitrogens with zero attached hydrogens (tertiary/aromatic N) is 5. The summed E-state index contributed by atoms with van der Waals surface area (Å²) in [5.74, 6) is 0.870. The first kappa shape index (κ1) is 15.2. The second kappa shape index (κ2) is 5.51. The van der Waals surface area contributed by atoms with Crippen molar-refractivity contribution >= 4 is 21.4 Å². The van der Waals surface area contributed by atoms with Crippen LogP contribution in [0.1, 0.15) is 18.5 Å². The SMILES string of the molecule is Cc1cc2c(N3CCCC(N(C)S(C)(=O)=O)C3)nccn2n1. The first-order valence-corrected chi connectivity index (χ1v) is 9.20. The molecule has 1 fully saturated rings. The van der Waals surface area contributed by atoms with Gasteiger partial charge in [0.25, 0.3) is 0 Å². The Bertz CT molecular complexity index is 786. The van der Waals surface area contributed by atoms with E-state index in [2.05, 4.69) is 15.0 Å². The molecular weight excluding hydrogens is 302 g/mol. The molecule has 7 nitrogen and oxygen atoms in total. The molecule has 120 valence electrons. The largest absolute Gasteiger partial charge is 0.353 e. The molecule has 0 amide bonds. The smallest absolute Gasteiger partial charge is 0.211 e. The van der Waals surface area contributed by atoms with Crippen LogP contribution in [0, 0.1) is 6.92 Å². The third-order valence-electron chi connectivity index (χ3n) is 4.23. The molecule has 0 spiro atoms. The molecule has 0 aromatic carbocycles. The second-order valence-electron chi connectivity index (χ2n) is 5.89. The van der Waals surface area contributed by atoms with Gasteiger partial charge in [0.15, 0.2) is 5.82 Å². The van der Waals surface area contributed by atoms with Crippen molar-refractivity contribution in [3.8, 4) is 0 Å². The van der Waals surface area contributed by atoms with E-state index in [1.807, 2.05) is 23.7 Å². The fourth-order valence-electron chi connectivity index (χ4n) is 2.99. The molecule has 1 aliphatic heterocycles. The Hall–Kier alpha value is -1.67. The zero-order chi connectivity index (χ0) is 15.9. The fourth-order valence-corrected chi connectivity index (χ4v) is 3.70. The van der Waals surface area contributed by atoms with E-state index in [4.69, 9.17) is 0 Å². The zero-order valence-corrected chi connectivity index (χ0v) is 13.9. The van der Waals surface area contributed by atoms with Crippen LogP contribution in [0.3, 0.4) is 0 Å². The van der Waals surface area contributed by atoms with Crippen molar-refractivity contribution in [2.45, 2.75) is 25.8 Å². The van der Waals surface area contributed by atoms with Crippen molar-refractivity contribution in [1.82, 2.24) is 18.9 Å². The highest BCUT2D eigenvalue weighted by Crippen LogP contribution is 2.25. The maximum atomic E-state index is 11.8. The Morgan fingerprint density at radius 3 is 2.91 bits per heavy atom. The number of aryl methyl sites for hydroxylation is 1. The predicted molar refractivity (Wildman–Crippen MR) is 85.6 cm³/mol. The van der Waals surface area contributed by atoms with Crippen LogP contribution in [0.15, 0.2) is 18.5 Å². The lowest BCUT2D eigenvalue weighted by Crippen LogP contribution is -2.48. The minimum absolute atomic E-state index is 0.0187. The predicted octanol–water partition coefficient (Wildman–Crippen LogP) is 0.898. The van der Waals surface area contributed by atoms with Crippen molar-refractivity contribution in [2.24, 2.45) is 0 Å². The van der Waals surface area contributed by atoms with Gasteiger partial charge < -0.3 is 4.90 Å². The molecule has 8 heteroatoms. The van der Waals surface area contributed by atoms with E-state index in [0.29, 0.717) is 6.54 Å². The summed E-state index contributed by atoms with van der Waals surface area (Å²) in [7, 11) is -1.52. The van der Waals surface area contributed by atoms with Crippen LogP contribution >= 0.6 is 0 Å². The number of hydrogen-bond acceptors (Lipinski definition) is 5. The Kier molecular flexibility index (Phi) is 3.82. The van der Waals surface area contributed by atoms with Crippen LogP contribution in [-0.4, -0.2) is 59.8 Å². The molecule has 0 radical (unpaired) electrons. The van der Waals surface area contributed by atoms with Crippen LogP contribution in [0.5, 0.6) is 0 Å². The van der Waals surface area contributed by atoms with Gasteiger partial charge in [-0.3, -0.25) is 0 Å². The van der Waals surface area contributed by atoms with Gasteiger partial charge >= 0.3 is 0 Å². The van der Waals surface area contributed by atoms with Gasteiger partial charge in [-0.1, -0.05) is 0 Å². The van der Waals surface area contributed by atoms with Gasteiger partial charge in [-0.25, -0.2) is 22.2 Å². The minimum atomic E-state index is -3.18. The Morgan fingerprint density at radius 2 is 2.18 bits per heavy atom. The van der Waals surface area contributed by atoms with Gasteiger partial charge in [-0.2, -0.15) is 5.10 Å². The topological polar surface area (TPSA) is 70.8 Å². The lowest BCUT2D eigenvalue weighted by Gasteiger charge is -2.37. The normalized spacial score (nSPS) is 20.0. The summed E-state index contributed by atoms with van der Waals surface area (Å²) < 4.78 is 26.8. The van der Waals surface area contributed by atoms with Gasteiger partial charge in [0.2, 0.25) is 10.0 Å². The third-order valence-corrected chi connectivity index (χ3v) is 5.57. The number of hydrogen-bond donors (Lipinski definition) is 0. The van der Waals surface area contributed by atoms with Crippen LogP contribution in [0.4, 0.5) is 5.82 Å². The quantitative estimate of drug-likeness (QED) is 0.839. The van der Waals surface area contributed by atoms with Crippen molar-refractivity contribution in [2.75, 3.05) is 31.3 Å². The maximum Gasteiger partial charge on any atom is 0.211 e. The average molecular weight is 323 g/mol. The number of sulfonamides is 1. The number of fused-ring (bicyclic) bond motifs is 1. The van der Waals surface area contributed by atoms with E-state index < -0.39 is 10.0 Å². The monoisotopic (exact) mass is 323 g/mol. The van der Waals surface area contributed by atoms with Crippen LogP contribution in [-0.2, 0) is 10.0 Å². The highest BCUT2D eigenvalue weighted by Gasteiger charge is 2.29. The molecule has 22 heavy (non-hydrogen) atoms. The van der Waals surface area contributed by atoms with E-state index in [1.165, 1.54) is 10.6 Å². The van der Waals surface area contributed by atoms with Crippen molar-refractivity contribution in [3.63, 3.8) is 0 Å². The molecule has 0 N–H and O–H groups in total. The van der Waals surface area contributed by atoms with Gasteiger partial charge in [-0.05, 0) is 25.8 Å². The highest BCUT2D eigenvalue weighted by molar-refractivity contribution is 7.88. The van der Waals surface area contributed by atoms with Crippen molar-refractivity contribution < 1.29 is 8.42 Å². The van der Waals surface area contributed by atoms with Gasteiger partial charge in [0.05, 0.1) is 11.9 Å². The van der Waals surface area contributed by atoms with Crippen molar-refractivity contribution in [3.05, 3.63) is 24.2 Å². The standard InChI is InChI=1S/C14H21N5O2S/c1-11-9-13-14(15-6-8-19(13)16-11)18-7-4-5-12(10-18)17(2)22(3,20)21/h6,8-9,12H,4-5,7,10H2,1-3H3. The number of piperidine rings is 1. The molecule has 1 atom stereocenters. The fraction of sp³-hybridized carbons (Fsp3) is 0.571. The molecule has 3 rings (SSSR count). The Morgan fingerprint density at radius 1 is 1.41 bits per heavy atom. The first-order valence-electron chi connectivity index (χ1n) is 7.35. The molecule has 1 unspecified atom stereocenters.